The van der Waals surface area contributed by atoms with Crippen molar-refractivity contribution in [1.82, 2.24) is 19.9 Å². The highest BCUT2D eigenvalue weighted by Gasteiger charge is 2.61. The second kappa shape index (κ2) is 6.29. The minimum atomic E-state index is -0.164. The zero-order valence-electron chi connectivity index (χ0n) is 16.6. The summed E-state index contributed by atoms with van der Waals surface area (Å²) < 4.78 is 0. The third kappa shape index (κ3) is 2.79. The van der Waals surface area contributed by atoms with Gasteiger partial charge in [-0.15, -0.1) is 0 Å². The van der Waals surface area contributed by atoms with Crippen molar-refractivity contribution in [1.29, 1.82) is 0 Å². The lowest BCUT2D eigenvalue weighted by atomic mass is 9.79. The molecule has 1 amide bonds. The van der Waals surface area contributed by atoms with E-state index in [1.165, 1.54) is 19.3 Å². The molecule has 3 heterocycles. The van der Waals surface area contributed by atoms with Gasteiger partial charge >= 0.3 is 0 Å². The zero-order chi connectivity index (χ0) is 19.5. The lowest BCUT2D eigenvalue weighted by molar-refractivity contribution is -0.135. The number of carbonyl (C=O) groups excluding carboxylic acids is 1. The van der Waals surface area contributed by atoms with Crippen LogP contribution < -0.4 is 10.5 Å². The summed E-state index contributed by atoms with van der Waals surface area (Å²) in [5, 5.41) is 0.515. The average Bonchev–Trinajstić information content (AvgIpc) is 3.44. The first kappa shape index (κ1) is 17.6. The van der Waals surface area contributed by atoms with Gasteiger partial charge in [0.05, 0.1) is 10.9 Å². The van der Waals surface area contributed by atoms with E-state index in [1.807, 2.05) is 20.2 Å². The van der Waals surface area contributed by atoms with Gasteiger partial charge < -0.3 is 9.80 Å². The average molecular weight is 381 g/mol. The molecular formula is C21H27N5O2. The van der Waals surface area contributed by atoms with Gasteiger partial charge in [-0.05, 0) is 43.6 Å². The highest BCUT2D eigenvalue weighted by Crippen LogP contribution is 2.66. The molecule has 0 unspecified atom stereocenters. The number of amides is 1. The van der Waals surface area contributed by atoms with Crippen LogP contribution in [0.15, 0.2) is 17.1 Å². The molecule has 0 radical (unpaired) electrons. The summed E-state index contributed by atoms with van der Waals surface area (Å²) in [6.07, 6.45) is 8.40. The minimum absolute atomic E-state index is 0.164. The first-order valence-electron chi connectivity index (χ1n) is 10.3. The van der Waals surface area contributed by atoms with E-state index in [4.69, 9.17) is 0 Å². The van der Waals surface area contributed by atoms with Crippen molar-refractivity contribution < 1.29 is 4.79 Å². The topological polar surface area (TPSA) is 82.2 Å². The largest absolute Gasteiger partial charge is 0.348 e. The number of aromatic nitrogens is 3. The number of hydrogen-bond donors (Lipinski definition) is 1. The number of H-pyrrole nitrogens is 1. The fourth-order valence-electron chi connectivity index (χ4n) is 4.97. The van der Waals surface area contributed by atoms with Gasteiger partial charge in [-0.1, -0.05) is 6.42 Å². The zero-order valence-corrected chi connectivity index (χ0v) is 16.6. The molecule has 1 atom stereocenters. The number of nitrogens with one attached hydrogen (secondary N) is 1. The molecule has 148 valence electrons. The van der Waals surface area contributed by atoms with Gasteiger partial charge in [0.15, 0.2) is 0 Å². The Hall–Kier alpha value is -2.44. The number of nitrogens with zero attached hydrogens (tertiary/aromatic N) is 4. The van der Waals surface area contributed by atoms with Crippen LogP contribution in [0.25, 0.3) is 10.9 Å². The Morgan fingerprint density at radius 2 is 2.04 bits per heavy atom. The number of anilines is 1. The summed E-state index contributed by atoms with van der Waals surface area (Å²) in [6.45, 7) is 1.61. The summed E-state index contributed by atoms with van der Waals surface area (Å²) in [6, 6.07) is 1.95. The van der Waals surface area contributed by atoms with E-state index < -0.39 is 0 Å². The Balaban J connectivity index is 1.30. The smallest absolute Gasteiger partial charge is 0.261 e. The van der Waals surface area contributed by atoms with Crippen LogP contribution in [0, 0.1) is 11.3 Å². The molecule has 2 aliphatic carbocycles. The number of piperidine rings is 1. The molecular weight excluding hydrogens is 354 g/mol. The van der Waals surface area contributed by atoms with Crippen LogP contribution in [0.4, 0.5) is 5.95 Å². The maximum absolute atomic E-state index is 12.8. The normalized spacial score (nSPS) is 23.6. The standard InChI is InChI=1S/C21H27N5O2/c1-25(2)20-23-17-10-16(22-12-14(17)18(27)24-20)13-4-8-26(9-5-13)19(28)15-11-21(15)6-3-7-21/h10,12-13,15H,3-9,11H2,1-2H3,(H,23,24,27)/t15-/m1/s1. The van der Waals surface area contributed by atoms with Crippen LogP contribution in [0.1, 0.15) is 50.1 Å². The minimum Gasteiger partial charge on any atom is -0.348 e. The summed E-state index contributed by atoms with van der Waals surface area (Å²) >= 11 is 0. The van der Waals surface area contributed by atoms with E-state index in [-0.39, 0.29) is 5.56 Å². The first-order valence-corrected chi connectivity index (χ1v) is 10.3. The van der Waals surface area contributed by atoms with Gasteiger partial charge in [-0.25, -0.2) is 4.98 Å². The van der Waals surface area contributed by atoms with Crippen molar-refractivity contribution in [2.45, 2.75) is 44.4 Å². The first-order chi connectivity index (χ1) is 13.5. The monoisotopic (exact) mass is 381 g/mol. The maximum Gasteiger partial charge on any atom is 0.261 e. The van der Waals surface area contributed by atoms with Gasteiger partial charge in [0.2, 0.25) is 11.9 Å². The Kier molecular flexibility index (Phi) is 3.96. The Morgan fingerprint density at radius 3 is 2.64 bits per heavy atom. The molecule has 2 aromatic rings. The quantitative estimate of drug-likeness (QED) is 0.882. The van der Waals surface area contributed by atoms with E-state index in [9.17, 15) is 9.59 Å². The fraction of sp³-hybridized carbons (Fsp3) is 0.619. The third-order valence-corrected chi connectivity index (χ3v) is 7.09. The molecule has 1 aliphatic heterocycles. The summed E-state index contributed by atoms with van der Waals surface area (Å²) in [5.41, 5.74) is 1.89. The fourth-order valence-corrected chi connectivity index (χ4v) is 4.97. The van der Waals surface area contributed by atoms with Gasteiger partial charge in [-0.2, -0.15) is 0 Å². The second-order valence-corrected chi connectivity index (χ2v) is 8.98. The highest BCUT2D eigenvalue weighted by molar-refractivity contribution is 5.83. The predicted octanol–water partition coefficient (Wildman–Crippen LogP) is 2.28. The van der Waals surface area contributed by atoms with E-state index in [0.29, 0.717) is 40.0 Å². The van der Waals surface area contributed by atoms with E-state index >= 15 is 0 Å². The van der Waals surface area contributed by atoms with Crippen molar-refractivity contribution in [3.05, 3.63) is 28.3 Å². The molecule has 1 N–H and O–H groups in total. The Bertz CT molecular complexity index is 986. The van der Waals surface area contributed by atoms with Crippen LogP contribution in [0.2, 0.25) is 0 Å². The molecule has 2 aromatic heterocycles. The lowest BCUT2D eigenvalue weighted by Gasteiger charge is -2.34. The molecule has 0 bridgehead atoms. The number of aromatic amines is 1. The van der Waals surface area contributed by atoms with Gasteiger partial charge in [0, 0.05) is 50.9 Å². The van der Waals surface area contributed by atoms with E-state index in [1.54, 1.807) is 11.1 Å². The maximum atomic E-state index is 12.8. The molecule has 5 rings (SSSR count). The number of hydrogen-bond acceptors (Lipinski definition) is 5. The van der Waals surface area contributed by atoms with Crippen LogP contribution in [-0.4, -0.2) is 52.9 Å². The molecule has 2 saturated carbocycles. The molecule has 1 spiro atoms. The molecule has 0 aromatic carbocycles. The van der Waals surface area contributed by atoms with E-state index in [0.717, 1.165) is 38.0 Å². The molecule has 7 nitrogen and oxygen atoms in total. The van der Waals surface area contributed by atoms with Crippen LogP contribution in [-0.2, 0) is 4.79 Å². The Labute approximate surface area is 164 Å². The summed E-state index contributed by atoms with van der Waals surface area (Å²) in [7, 11) is 3.71. The van der Waals surface area contributed by atoms with Crippen molar-refractivity contribution >= 4 is 22.8 Å². The molecule has 3 aliphatic rings. The Morgan fingerprint density at radius 1 is 1.29 bits per heavy atom. The molecule has 3 fully saturated rings. The number of rotatable bonds is 3. The lowest BCUT2D eigenvalue weighted by Crippen LogP contribution is -2.40. The highest BCUT2D eigenvalue weighted by atomic mass is 16.2. The number of carbonyl (C=O) groups is 1. The van der Waals surface area contributed by atoms with Crippen molar-refractivity contribution in [2.24, 2.45) is 11.3 Å². The second-order valence-electron chi connectivity index (χ2n) is 8.98. The van der Waals surface area contributed by atoms with Crippen molar-refractivity contribution in [2.75, 3.05) is 32.1 Å². The SMILES string of the molecule is CN(C)c1nc2cc(C3CCN(C(=O)[C@H]4CC45CCC5)CC3)ncc2c(=O)[nH]1. The molecule has 1 saturated heterocycles. The summed E-state index contributed by atoms with van der Waals surface area (Å²) in [5.74, 6) is 1.55. The van der Waals surface area contributed by atoms with Gasteiger partial charge in [0.1, 0.15) is 0 Å². The van der Waals surface area contributed by atoms with Crippen LogP contribution in [0.5, 0.6) is 0 Å². The van der Waals surface area contributed by atoms with E-state index in [2.05, 4.69) is 19.9 Å². The van der Waals surface area contributed by atoms with Crippen LogP contribution >= 0.6 is 0 Å². The van der Waals surface area contributed by atoms with Gasteiger partial charge in [-0.3, -0.25) is 19.6 Å². The number of likely N-dealkylation sites (tertiary alicyclic amines) is 1. The molecule has 28 heavy (non-hydrogen) atoms. The van der Waals surface area contributed by atoms with Gasteiger partial charge in [0.25, 0.3) is 5.56 Å². The molecule has 7 heteroatoms. The van der Waals surface area contributed by atoms with Crippen molar-refractivity contribution in [3.8, 4) is 0 Å². The number of pyridine rings is 1. The third-order valence-electron chi connectivity index (χ3n) is 7.09. The predicted molar refractivity (Wildman–Crippen MR) is 107 cm³/mol. The van der Waals surface area contributed by atoms with Crippen LogP contribution in [0.3, 0.4) is 0 Å². The van der Waals surface area contributed by atoms with Crippen molar-refractivity contribution in [3.63, 3.8) is 0 Å². The summed E-state index contributed by atoms with van der Waals surface area (Å²) in [4.78, 5) is 40.8. The number of fused-ring (bicyclic) bond motifs is 1.